The predicted molar refractivity (Wildman–Crippen MR) is 102 cm³/mol. The van der Waals surface area contributed by atoms with E-state index in [-0.39, 0.29) is 30.4 Å². The highest BCUT2D eigenvalue weighted by molar-refractivity contribution is 6.30. The summed E-state index contributed by atoms with van der Waals surface area (Å²) in [6.45, 7) is 4.17. The molecule has 3 atom stereocenters. The van der Waals surface area contributed by atoms with Gasteiger partial charge in [0.15, 0.2) is 0 Å². The molecule has 0 radical (unpaired) electrons. The normalized spacial score (nSPS) is 21.6. The maximum absolute atomic E-state index is 12.5. The van der Waals surface area contributed by atoms with Crippen LogP contribution < -0.4 is 10.6 Å². The largest absolute Gasteiger partial charge is 0.352 e. The molecular weight excluding hydrogens is 338 g/mol. The van der Waals surface area contributed by atoms with Gasteiger partial charge >= 0.3 is 0 Å². The van der Waals surface area contributed by atoms with Crippen molar-refractivity contribution in [2.45, 2.75) is 51.6 Å². The van der Waals surface area contributed by atoms with Gasteiger partial charge in [-0.05, 0) is 57.0 Å². The molecule has 25 heavy (non-hydrogen) atoms. The molecule has 5 nitrogen and oxygen atoms in total. The summed E-state index contributed by atoms with van der Waals surface area (Å²) < 4.78 is 0. The number of rotatable bonds is 6. The number of amides is 2. The highest BCUT2D eigenvalue weighted by atomic mass is 35.5. The van der Waals surface area contributed by atoms with E-state index in [1.54, 1.807) is 36.2 Å². The molecule has 1 aliphatic carbocycles. The van der Waals surface area contributed by atoms with E-state index in [9.17, 15) is 9.59 Å². The molecule has 0 bridgehead atoms. The van der Waals surface area contributed by atoms with Crippen molar-refractivity contribution in [2.75, 3.05) is 18.9 Å². The van der Waals surface area contributed by atoms with Gasteiger partial charge in [0.05, 0.1) is 12.6 Å². The molecule has 1 aromatic rings. The highest BCUT2D eigenvalue weighted by Crippen LogP contribution is 2.23. The van der Waals surface area contributed by atoms with Gasteiger partial charge in [-0.1, -0.05) is 31.4 Å². The molecule has 1 fully saturated rings. The molecule has 0 spiro atoms. The minimum Gasteiger partial charge on any atom is -0.352 e. The van der Waals surface area contributed by atoms with E-state index in [1.807, 2.05) is 6.92 Å². The fraction of sp³-hybridized carbons (Fsp3) is 0.579. The molecular formula is C19H28ClN3O2. The lowest BCUT2D eigenvalue weighted by molar-refractivity contribution is -0.127. The Morgan fingerprint density at radius 1 is 1.24 bits per heavy atom. The molecule has 1 aromatic carbocycles. The number of hydrogen-bond donors (Lipinski definition) is 2. The zero-order valence-electron chi connectivity index (χ0n) is 15.2. The summed E-state index contributed by atoms with van der Waals surface area (Å²) in [4.78, 5) is 26.4. The van der Waals surface area contributed by atoms with Gasteiger partial charge in [0, 0.05) is 16.8 Å². The molecule has 2 N–H and O–H groups in total. The maximum atomic E-state index is 12.5. The quantitative estimate of drug-likeness (QED) is 0.813. The topological polar surface area (TPSA) is 61.4 Å². The summed E-state index contributed by atoms with van der Waals surface area (Å²) >= 11 is 5.83. The fourth-order valence-electron chi connectivity index (χ4n) is 3.13. The summed E-state index contributed by atoms with van der Waals surface area (Å²) in [6, 6.07) is 6.84. The van der Waals surface area contributed by atoms with Gasteiger partial charge in [-0.25, -0.2) is 0 Å². The van der Waals surface area contributed by atoms with Gasteiger partial charge in [-0.3, -0.25) is 14.5 Å². The van der Waals surface area contributed by atoms with Crippen LogP contribution >= 0.6 is 11.6 Å². The number of likely N-dealkylation sites (N-methyl/N-ethyl adjacent to an activating group) is 1. The maximum Gasteiger partial charge on any atom is 0.238 e. The van der Waals surface area contributed by atoms with E-state index >= 15 is 0 Å². The Morgan fingerprint density at radius 3 is 2.52 bits per heavy atom. The van der Waals surface area contributed by atoms with Gasteiger partial charge in [-0.2, -0.15) is 0 Å². The van der Waals surface area contributed by atoms with Gasteiger partial charge in [0.2, 0.25) is 11.8 Å². The standard InChI is InChI=1S/C19H28ClN3O2/c1-13-6-4-5-7-17(13)22-19(25)14(2)23(3)12-18(24)21-16-10-8-15(20)9-11-16/h8-11,13-14,17H,4-7,12H2,1-3H3,(H,21,24)(H,22,25)/t13-,14+,17-/m0/s1. The number of nitrogens with zero attached hydrogens (tertiary/aromatic N) is 1. The first-order chi connectivity index (χ1) is 11.9. The van der Waals surface area contributed by atoms with Crippen molar-refractivity contribution >= 4 is 29.1 Å². The average molecular weight is 366 g/mol. The van der Waals surface area contributed by atoms with Crippen LogP contribution in [-0.4, -0.2) is 42.4 Å². The van der Waals surface area contributed by atoms with Crippen molar-refractivity contribution < 1.29 is 9.59 Å². The first-order valence-electron chi connectivity index (χ1n) is 8.93. The van der Waals surface area contributed by atoms with Crippen molar-refractivity contribution in [3.63, 3.8) is 0 Å². The molecule has 1 aliphatic rings. The molecule has 0 heterocycles. The SMILES string of the molecule is C[C@H](C(=O)N[C@H]1CCCC[C@@H]1C)N(C)CC(=O)Nc1ccc(Cl)cc1. The second kappa shape index (κ2) is 9.20. The first-order valence-corrected chi connectivity index (χ1v) is 9.30. The molecule has 0 saturated heterocycles. The zero-order chi connectivity index (χ0) is 18.4. The van der Waals surface area contributed by atoms with Crippen LogP contribution in [0.25, 0.3) is 0 Å². The first kappa shape index (κ1) is 19.7. The summed E-state index contributed by atoms with van der Waals surface area (Å²) in [6.07, 6.45) is 4.62. The van der Waals surface area contributed by atoms with E-state index in [0.717, 1.165) is 6.42 Å². The van der Waals surface area contributed by atoms with Crippen LogP contribution in [0.15, 0.2) is 24.3 Å². The third-order valence-electron chi connectivity index (χ3n) is 5.00. The van der Waals surface area contributed by atoms with E-state index in [2.05, 4.69) is 17.6 Å². The summed E-state index contributed by atoms with van der Waals surface area (Å²) in [5.74, 6) is 0.347. The Kier molecular flexibility index (Phi) is 7.26. The van der Waals surface area contributed by atoms with Crippen LogP contribution in [0.1, 0.15) is 39.5 Å². The number of carbonyl (C=O) groups is 2. The smallest absolute Gasteiger partial charge is 0.238 e. The van der Waals surface area contributed by atoms with Crippen LogP contribution in [-0.2, 0) is 9.59 Å². The molecule has 1 saturated carbocycles. The molecule has 6 heteroatoms. The Balaban J connectivity index is 1.81. The Morgan fingerprint density at radius 2 is 1.88 bits per heavy atom. The van der Waals surface area contributed by atoms with Crippen LogP contribution in [0.4, 0.5) is 5.69 Å². The van der Waals surface area contributed by atoms with Crippen LogP contribution in [0.2, 0.25) is 5.02 Å². The molecule has 0 unspecified atom stereocenters. The molecule has 0 aromatic heterocycles. The fourth-order valence-corrected chi connectivity index (χ4v) is 3.26. The second-order valence-corrected chi connectivity index (χ2v) is 7.46. The summed E-state index contributed by atoms with van der Waals surface area (Å²) in [5, 5.41) is 6.59. The molecule has 2 amide bonds. The molecule has 2 rings (SSSR count). The summed E-state index contributed by atoms with van der Waals surface area (Å²) in [5.41, 5.74) is 0.691. The van der Waals surface area contributed by atoms with E-state index in [4.69, 9.17) is 11.6 Å². The number of nitrogens with one attached hydrogen (secondary N) is 2. The Labute approximate surface area is 155 Å². The number of anilines is 1. The van der Waals surface area contributed by atoms with Crippen molar-refractivity contribution in [3.05, 3.63) is 29.3 Å². The van der Waals surface area contributed by atoms with Gasteiger partial charge in [-0.15, -0.1) is 0 Å². The van der Waals surface area contributed by atoms with Gasteiger partial charge in [0.1, 0.15) is 0 Å². The Bertz CT molecular complexity index is 591. The lowest BCUT2D eigenvalue weighted by atomic mass is 9.86. The second-order valence-electron chi connectivity index (χ2n) is 7.02. The van der Waals surface area contributed by atoms with Crippen molar-refractivity contribution in [2.24, 2.45) is 5.92 Å². The highest BCUT2D eigenvalue weighted by Gasteiger charge is 2.26. The number of hydrogen-bond acceptors (Lipinski definition) is 3. The third kappa shape index (κ3) is 6.01. The van der Waals surface area contributed by atoms with E-state index < -0.39 is 0 Å². The number of carbonyl (C=O) groups excluding carboxylic acids is 2. The van der Waals surface area contributed by atoms with Crippen LogP contribution in [0.5, 0.6) is 0 Å². The van der Waals surface area contributed by atoms with Gasteiger partial charge < -0.3 is 10.6 Å². The van der Waals surface area contributed by atoms with Crippen molar-refractivity contribution in [1.29, 1.82) is 0 Å². The average Bonchev–Trinajstić information content (AvgIpc) is 2.58. The van der Waals surface area contributed by atoms with E-state index in [0.29, 0.717) is 16.6 Å². The van der Waals surface area contributed by atoms with Crippen molar-refractivity contribution in [1.82, 2.24) is 10.2 Å². The minimum atomic E-state index is -0.356. The zero-order valence-corrected chi connectivity index (χ0v) is 16.0. The lowest BCUT2D eigenvalue weighted by Crippen LogP contribution is -2.50. The molecule has 138 valence electrons. The minimum absolute atomic E-state index is 0.0134. The number of benzene rings is 1. The molecule has 0 aliphatic heterocycles. The monoisotopic (exact) mass is 365 g/mol. The summed E-state index contributed by atoms with van der Waals surface area (Å²) in [7, 11) is 1.79. The van der Waals surface area contributed by atoms with Gasteiger partial charge in [0.25, 0.3) is 0 Å². The Hall–Kier alpha value is -1.59. The van der Waals surface area contributed by atoms with Crippen LogP contribution in [0.3, 0.4) is 0 Å². The third-order valence-corrected chi connectivity index (χ3v) is 5.25. The predicted octanol–water partition coefficient (Wildman–Crippen LogP) is 3.29. The van der Waals surface area contributed by atoms with E-state index in [1.165, 1.54) is 19.3 Å². The van der Waals surface area contributed by atoms with Crippen LogP contribution in [0, 0.1) is 5.92 Å². The lowest BCUT2D eigenvalue weighted by Gasteiger charge is -2.32. The van der Waals surface area contributed by atoms with Crippen molar-refractivity contribution in [3.8, 4) is 0 Å². The number of halogens is 1.